The van der Waals surface area contributed by atoms with Crippen LogP contribution in [0.25, 0.3) is 10.8 Å². The van der Waals surface area contributed by atoms with Crippen molar-refractivity contribution in [2.75, 3.05) is 0 Å². The van der Waals surface area contributed by atoms with E-state index in [1.54, 1.807) is 0 Å². The predicted molar refractivity (Wildman–Crippen MR) is 107 cm³/mol. The Kier molecular flexibility index (Phi) is 9.60. The Morgan fingerprint density at radius 3 is 2.12 bits per heavy atom. The summed E-state index contributed by atoms with van der Waals surface area (Å²) in [7, 11) is 0. The molecular formula is C20H22F3N3O6. The van der Waals surface area contributed by atoms with Crippen LogP contribution in [-0.4, -0.2) is 52.2 Å². The zero-order valence-electron chi connectivity index (χ0n) is 16.8. The second kappa shape index (κ2) is 11.6. The molecule has 6 N–H and O–H groups in total. The molecule has 0 aromatic heterocycles. The molecule has 0 aliphatic heterocycles. The molecular weight excluding hydrogens is 435 g/mol. The monoisotopic (exact) mass is 457 g/mol. The van der Waals surface area contributed by atoms with E-state index in [1.165, 1.54) is 6.92 Å². The summed E-state index contributed by atoms with van der Waals surface area (Å²) in [6.07, 6.45) is -5.57. The van der Waals surface area contributed by atoms with Crippen molar-refractivity contribution in [3.05, 3.63) is 48.0 Å². The van der Waals surface area contributed by atoms with Crippen LogP contribution in [0.4, 0.5) is 13.2 Å². The molecule has 2 amide bonds. The largest absolute Gasteiger partial charge is 0.490 e. The van der Waals surface area contributed by atoms with Gasteiger partial charge >= 0.3 is 18.1 Å². The van der Waals surface area contributed by atoms with Gasteiger partial charge in [0.15, 0.2) is 0 Å². The first-order chi connectivity index (χ1) is 14.8. The van der Waals surface area contributed by atoms with Crippen LogP contribution in [0.1, 0.15) is 18.9 Å². The maximum Gasteiger partial charge on any atom is 0.490 e. The Bertz CT molecular complexity index is 975. The number of carbonyl (C=O) groups is 4. The molecule has 0 unspecified atom stereocenters. The molecule has 0 radical (unpaired) electrons. The number of carboxylic acids is 2. The highest BCUT2D eigenvalue weighted by Crippen LogP contribution is 2.18. The van der Waals surface area contributed by atoms with E-state index in [2.05, 4.69) is 10.6 Å². The fraction of sp³-hybridized carbons (Fsp3) is 0.300. The summed E-state index contributed by atoms with van der Waals surface area (Å²) in [5.41, 5.74) is 6.43. The van der Waals surface area contributed by atoms with Crippen molar-refractivity contribution in [2.24, 2.45) is 5.73 Å². The van der Waals surface area contributed by atoms with E-state index < -0.39 is 42.5 Å². The maximum absolute atomic E-state index is 12.1. The summed E-state index contributed by atoms with van der Waals surface area (Å²) in [5.74, 6) is -4.97. The van der Waals surface area contributed by atoms with Gasteiger partial charge in [-0.05, 0) is 23.3 Å². The van der Waals surface area contributed by atoms with Crippen LogP contribution in [0.15, 0.2) is 42.5 Å². The lowest BCUT2D eigenvalue weighted by atomic mass is 10.0. The highest BCUT2D eigenvalue weighted by Gasteiger charge is 2.38. The van der Waals surface area contributed by atoms with Crippen LogP contribution >= 0.6 is 0 Å². The number of carboxylic acid groups (broad SMARTS) is 2. The summed E-state index contributed by atoms with van der Waals surface area (Å²) in [5, 5.41) is 23.1. The van der Waals surface area contributed by atoms with E-state index in [9.17, 15) is 27.6 Å². The maximum atomic E-state index is 12.1. The third-order valence-corrected chi connectivity index (χ3v) is 4.06. The second-order valence-electron chi connectivity index (χ2n) is 6.59. The molecule has 0 aliphatic rings. The van der Waals surface area contributed by atoms with Gasteiger partial charge in [0.1, 0.15) is 6.04 Å². The van der Waals surface area contributed by atoms with Crippen LogP contribution in [0, 0.1) is 0 Å². The zero-order chi connectivity index (χ0) is 24.5. The van der Waals surface area contributed by atoms with Crippen molar-refractivity contribution in [1.82, 2.24) is 10.6 Å². The number of hydrogen-bond donors (Lipinski definition) is 5. The van der Waals surface area contributed by atoms with E-state index in [0.29, 0.717) is 6.54 Å². The van der Waals surface area contributed by atoms with Gasteiger partial charge in [0.25, 0.3) is 0 Å². The molecule has 0 aliphatic carbocycles. The molecule has 2 aromatic carbocycles. The van der Waals surface area contributed by atoms with Crippen molar-refractivity contribution in [3.8, 4) is 0 Å². The molecule has 0 fully saturated rings. The number of benzene rings is 2. The standard InChI is InChI=1S/C18H21N3O4.C2HF3O2/c1-11(21-18(25)15(19)9-16(22)23)17(24)20-10-13-7-4-6-12-5-2-3-8-14(12)13;3-2(4,5)1(6)7/h2-8,11,15H,9-10,19H2,1H3,(H,20,24)(H,21,25)(H,22,23);(H,6,7)/t11-,15-;/m0./s1. The van der Waals surface area contributed by atoms with Gasteiger partial charge < -0.3 is 26.6 Å². The number of aliphatic carboxylic acids is 2. The summed E-state index contributed by atoms with van der Waals surface area (Å²) in [6, 6.07) is 11.7. The third-order valence-electron chi connectivity index (χ3n) is 4.06. The summed E-state index contributed by atoms with van der Waals surface area (Å²) in [4.78, 5) is 43.4. The van der Waals surface area contributed by atoms with Crippen molar-refractivity contribution in [2.45, 2.75) is 38.1 Å². The van der Waals surface area contributed by atoms with E-state index in [4.69, 9.17) is 20.7 Å². The molecule has 0 bridgehead atoms. The number of nitrogens with one attached hydrogen (secondary N) is 2. The Morgan fingerprint density at radius 1 is 1.00 bits per heavy atom. The smallest absolute Gasteiger partial charge is 0.481 e. The van der Waals surface area contributed by atoms with E-state index >= 15 is 0 Å². The molecule has 12 heteroatoms. The van der Waals surface area contributed by atoms with Gasteiger partial charge in [-0.1, -0.05) is 42.5 Å². The van der Waals surface area contributed by atoms with Gasteiger partial charge in [-0.15, -0.1) is 0 Å². The summed E-state index contributed by atoms with van der Waals surface area (Å²) in [6.45, 7) is 1.84. The molecule has 174 valence electrons. The van der Waals surface area contributed by atoms with Gasteiger partial charge in [-0.3, -0.25) is 14.4 Å². The minimum Gasteiger partial charge on any atom is -0.481 e. The van der Waals surface area contributed by atoms with Gasteiger partial charge in [0.2, 0.25) is 11.8 Å². The first-order valence-electron chi connectivity index (χ1n) is 9.15. The van der Waals surface area contributed by atoms with Crippen LogP contribution in [0.5, 0.6) is 0 Å². The molecule has 2 atom stereocenters. The second-order valence-corrected chi connectivity index (χ2v) is 6.59. The number of alkyl halides is 3. The SMILES string of the molecule is C[C@H](NC(=O)[C@@H](N)CC(=O)O)C(=O)NCc1cccc2ccccc12.O=C(O)C(F)(F)F. The van der Waals surface area contributed by atoms with Crippen molar-refractivity contribution < 1.29 is 42.6 Å². The number of carbonyl (C=O) groups excluding carboxylic acids is 2. The average Bonchev–Trinajstić information content (AvgIpc) is 2.71. The first-order valence-corrected chi connectivity index (χ1v) is 9.15. The van der Waals surface area contributed by atoms with Crippen LogP contribution in [-0.2, 0) is 25.7 Å². The van der Waals surface area contributed by atoms with Gasteiger partial charge in [-0.25, -0.2) is 4.79 Å². The highest BCUT2D eigenvalue weighted by molar-refractivity contribution is 5.91. The molecule has 9 nitrogen and oxygen atoms in total. The lowest BCUT2D eigenvalue weighted by Crippen LogP contribution is -2.50. The lowest BCUT2D eigenvalue weighted by molar-refractivity contribution is -0.192. The molecule has 0 saturated heterocycles. The molecule has 0 saturated carbocycles. The number of rotatable bonds is 7. The molecule has 2 aromatic rings. The van der Waals surface area contributed by atoms with Crippen molar-refractivity contribution in [3.63, 3.8) is 0 Å². The minimum atomic E-state index is -5.08. The Balaban J connectivity index is 0.000000633. The average molecular weight is 457 g/mol. The summed E-state index contributed by atoms with van der Waals surface area (Å²) < 4.78 is 31.7. The lowest BCUT2D eigenvalue weighted by Gasteiger charge is -2.17. The van der Waals surface area contributed by atoms with Crippen LogP contribution in [0.2, 0.25) is 0 Å². The summed E-state index contributed by atoms with van der Waals surface area (Å²) >= 11 is 0. The first kappa shape index (κ1) is 26.4. The van der Waals surface area contributed by atoms with Crippen molar-refractivity contribution in [1.29, 1.82) is 0 Å². The normalized spacial score (nSPS) is 12.7. The third kappa shape index (κ3) is 8.60. The number of hydrogen-bond acceptors (Lipinski definition) is 5. The molecule has 0 heterocycles. The Labute approximate surface area is 180 Å². The topological polar surface area (TPSA) is 159 Å². The number of halogens is 3. The van der Waals surface area contributed by atoms with Crippen LogP contribution in [0.3, 0.4) is 0 Å². The quantitative estimate of drug-likeness (QED) is 0.420. The number of nitrogens with two attached hydrogens (primary N) is 1. The number of amides is 2. The van der Waals surface area contributed by atoms with E-state index in [-0.39, 0.29) is 5.91 Å². The van der Waals surface area contributed by atoms with E-state index in [0.717, 1.165) is 16.3 Å². The van der Waals surface area contributed by atoms with Gasteiger partial charge in [-0.2, -0.15) is 13.2 Å². The predicted octanol–water partition coefficient (Wildman–Crippen LogP) is 1.40. The molecule has 0 spiro atoms. The molecule has 32 heavy (non-hydrogen) atoms. The van der Waals surface area contributed by atoms with Crippen LogP contribution < -0.4 is 16.4 Å². The highest BCUT2D eigenvalue weighted by atomic mass is 19.4. The van der Waals surface area contributed by atoms with Gasteiger partial charge in [0.05, 0.1) is 12.5 Å². The van der Waals surface area contributed by atoms with E-state index in [1.807, 2.05) is 42.5 Å². The minimum absolute atomic E-state index is 0.321. The Hall–Kier alpha value is -3.67. The van der Waals surface area contributed by atoms with Gasteiger partial charge in [0, 0.05) is 6.54 Å². The van der Waals surface area contributed by atoms with Crippen molar-refractivity contribution >= 4 is 34.5 Å². The Morgan fingerprint density at radius 2 is 1.56 bits per heavy atom. The fourth-order valence-corrected chi connectivity index (χ4v) is 2.45. The zero-order valence-corrected chi connectivity index (χ0v) is 16.8. The molecule has 2 rings (SSSR count). The fourth-order valence-electron chi connectivity index (χ4n) is 2.45. The number of fused-ring (bicyclic) bond motifs is 1.